The summed E-state index contributed by atoms with van der Waals surface area (Å²) in [5.41, 5.74) is 4.17. The predicted molar refractivity (Wildman–Crippen MR) is 88.5 cm³/mol. The molecule has 0 saturated heterocycles. The average Bonchev–Trinajstić information content (AvgIpc) is 2.94. The van der Waals surface area contributed by atoms with Gasteiger partial charge in [0.1, 0.15) is 11.5 Å². The molecule has 1 N–H and O–H groups in total. The number of anilines is 1. The first kappa shape index (κ1) is 15.8. The Morgan fingerprint density at radius 2 is 1.86 bits per heavy atom. The van der Waals surface area contributed by atoms with E-state index in [4.69, 9.17) is 4.42 Å². The first-order valence-corrected chi connectivity index (χ1v) is 7.39. The second-order valence-corrected chi connectivity index (χ2v) is 4.87. The predicted octanol–water partition coefficient (Wildman–Crippen LogP) is 3.20. The van der Waals surface area contributed by atoms with Gasteiger partial charge in [0.25, 0.3) is 5.91 Å². The van der Waals surface area contributed by atoms with Crippen LogP contribution in [0.3, 0.4) is 0 Å². The van der Waals surface area contributed by atoms with Gasteiger partial charge < -0.3 is 9.32 Å². The zero-order valence-corrected chi connectivity index (χ0v) is 13.2. The normalized spacial score (nSPS) is 10.9. The average molecular weight is 299 g/mol. The van der Waals surface area contributed by atoms with Crippen LogP contribution in [0.4, 0.5) is 5.69 Å². The number of carbonyl (C=O) groups excluding carboxylic acids is 1. The molecule has 1 aromatic carbocycles. The SMILES string of the molecule is CCN(CC)c1ccc(C(=O)NN=Cc2ccc(C)o2)cc1. The molecule has 2 rings (SSSR count). The first-order valence-electron chi connectivity index (χ1n) is 7.39. The number of hydrogen-bond acceptors (Lipinski definition) is 4. The summed E-state index contributed by atoms with van der Waals surface area (Å²) in [7, 11) is 0. The van der Waals surface area contributed by atoms with Crippen LogP contribution in [0.5, 0.6) is 0 Å². The van der Waals surface area contributed by atoms with E-state index < -0.39 is 0 Å². The fraction of sp³-hybridized carbons (Fsp3) is 0.294. The van der Waals surface area contributed by atoms with Crippen LogP contribution >= 0.6 is 0 Å². The fourth-order valence-electron chi connectivity index (χ4n) is 2.15. The number of nitrogens with one attached hydrogen (secondary N) is 1. The molecule has 0 fully saturated rings. The maximum absolute atomic E-state index is 12.0. The van der Waals surface area contributed by atoms with E-state index in [1.807, 2.05) is 25.1 Å². The number of amides is 1. The molecule has 0 spiro atoms. The van der Waals surface area contributed by atoms with E-state index in [0.29, 0.717) is 11.3 Å². The number of hydrazone groups is 1. The van der Waals surface area contributed by atoms with E-state index in [0.717, 1.165) is 24.5 Å². The summed E-state index contributed by atoms with van der Waals surface area (Å²) in [6.45, 7) is 7.95. The van der Waals surface area contributed by atoms with Gasteiger partial charge in [-0.05, 0) is 57.2 Å². The van der Waals surface area contributed by atoms with Crippen molar-refractivity contribution in [2.45, 2.75) is 20.8 Å². The maximum Gasteiger partial charge on any atom is 0.271 e. The lowest BCUT2D eigenvalue weighted by molar-refractivity contribution is 0.0955. The lowest BCUT2D eigenvalue weighted by atomic mass is 10.2. The number of benzene rings is 1. The third-order valence-corrected chi connectivity index (χ3v) is 3.38. The quantitative estimate of drug-likeness (QED) is 0.658. The number of rotatable bonds is 6. The molecule has 0 saturated carbocycles. The Morgan fingerprint density at radius 1 is 1.18 bits per heavy atom. The Bertz CT molecular complexity index is 640. The molecule has 116 valence electrons. The number of carbonyl (C=O) groups is 1. The van der Waals surface area contributed by atoms with Crippen molar-refractivity contribution in [1.82, 2.24) is 5.43 Å². The van der Waals surface area contributed by atoms with Crippen LogP contribution < -0.4 is 10.3 Å². The molecule has 0 bridgehead atoms. The summed E-state index contributed by atoms with van der Waals surface area (Å²) >= 11 is 0. The lowest BCUT2D eigenvalue weighted by Crippen LogP contribution is -2.22. The molecule has 0 aliphatic rings. The lowest BCUT2D eigenvalue weighted by Gasteiger charge is -2.20. The van der Waals surface area contributed by atoms with Gasteiger partial charge in [-0.2, -0.15) is 5.10 Å². The van der Waals surface area contributed by atoms with E-state index in [9.17, 15) is 4.79 Å². The van der Waals surface area contributed by atoms with Gasteiger partial charge in [0.05, 0.1) is 6.21 Å². The molecule has 0 unspecified atom stereocenters. The van der Waals surface area contributed by atoms with Crippen LogP contribution in [0.1, 0.15) is 35.7 Å². The standard InChI is InChI=1S/C17H21N3O2/c1-4-20(5-2)15-9-7-14(8-10-15)17(21)19-18-12-16-11-6-13(3)22-16/h6-12H,4-5H2,1-3H3,(H,19,21). The number of furan rings is 1. The minimum absolute atomic E-state index is 0.245. The Balaban J connectivity index is 1.96. The summed E-state index contributed by atoms with van der Waals surface area (Å²) in [4.78, 5) is 14.2. The highest BCUT2D eigenvalue weighted by Crippen LogP contribution is 2.14. The van der Waals surface area contributed by atoms with Gasteiger partial charge in [0, 0.05) is 24.3 Å². The molecule has 0 aliphatic carbocycles. The Labute approximate surface area is 130 Å². The third kappa shape index (κ3) is 3.97. The van der Waals surface area contributed by atoms with Crippen molar-refractivity contribution in [1.29, 1.82) is 0 Å². The van der Waals surface area contributed by atoms with Crippen molar-refractivity contribution in [3.8, 4) is 0 Å². The van der Waals surface area contributed by atoms with E-state index in [2.05, 4.69) is 29.3 Å². The van der Waals surface area contributed by atoms with Crippen LogP contribution in [-0.2, 0) is 0 Å². The van der Waals surface area contributed by atoms with Crippen LogP contribution in [0, 0.1) is 6.92 Å². The summed E-state index contributed by atoms with van der Waals surface area (Å²) in [6, 6.07) is 11.1. The van der Waals surface area contributed by atoms with Crippen LogP contribution in [0.25, 0.3) is 0 Å². The molecule has 0 radical (unpaired) electrons. The molecular formula is C17H21N3O2. The minimum atomic E-state index is -0.245. The van der Waals surface area contributed by atoms with Crippen LogP contribution in [-0.4, -0.2) is 25.2 Å². The van der Waals surface area contributed by atoms with Crippen LogP contribution in [0.15, 0.2) is 45.9 Å². The zero-order chi connectivity index (χ0) is 15.9. The maximum atomic E-state index is 12.0. The zero-order valence-electron chi connectivity index (χ0n) is 13.2. The van der Waals surface area contributed by atoms with Gasteiger partial charge >= 0.3 is 0 Å². The van der Waals surface area contributed by atoms with Crippen molar-refractivity contribution in [2.75, 3.05) is 18.0 Å². The molecule has 0 aliphatic heterocycles. The molecule has 2 aromatic rings. The first-order chi connectivity index (χ1) is 10.6. The van der Waals surface area contributed by atoms with Crippen molar-refractivity contribution >= 4 is 17.8 Å². The third-order valence-electron chi connectivity index (χ3n) is 3.38. The molecular weight excluding hydrogens is 278 g/mol. The molecule has 1 aromatic heterocycles. The van der Waals surface area contributed by atoms with Crippen molar-refractivity contribution in [2.24, 2.45) is 5.10 Å². The number of hydrogen-bond donors (Lipinski definition) is 1. The van der Waals surface area contributed by atoms with Gasteiger partial charge in [-0.15, -0.1) is 0 Å². The van der Waals surface area contributed by atoms with Gasteiger partial charge in [-0.1, -0.05) is 0 Å². The Kier molecular flexibility index (Phi) is 5.36. The van der Waals surface area contributed by atoms with Crippen molar-refractivity contribution in [3.63, 3.8) is 0 Å². The highest BCUT2D eigenvalue weighted by atomic mass is 16.3. The molecule has 5 nitrogen and oxygen atoms in total. The summed E-state index contributed by atoms with van der Waals surface area (Å²) in [5, 5.41) is 3.89. The molecule has 0 atom stereocenters. The van der Waals surface area contributed by atoms with Gasteiger partial charge in [0.2, 0.25) is 0 Å². The smallest absolute Gasteiger partial charge is 0.271 e. The molecule has 1 heterocycles. The minimum Gasteiger partial charge on any atom is -0.460 e. The molecule has 5 heteroatoms. The summed E-state index contributed by atoms with van der Waals surface area (Å²) < 4.78 is 5.33. The summed E-state index contributed by atoms with van der Waals surface area (Å²) in [5.74, 6) is 1.17. The second-order valence-electron chi connectivity index (χ2n) is 4.87. The van der Waals surface area contributed by atoms with E-state index >= 15 is 0 Å². The van der Waals surface area contributed by atoms with Gasteiger partial charge in [0.15, 0.2) is 0 Å². The highest BCUT2D eigenvalue weighted by Gasteiger charge is 2.06. The fourth-order valence-corrected chi connectivity index (χ4v) is 2.15. The monoisotopic (exact) mass is 299 g/mol. The molecule has 1 amide bonds. The van der Waals surface area contributed by atoms with Crippen LogP contribution in [0.2, 0.25) is 0 Å². The summed E-state index contributed by atoms with van der Waals surface area (Å²) in [6.07, 6.45) is 1.48. The number of nitrogens with zero attached hydrogens (tertiary/aromatic N) is 2. The number of aryl methyl sites for hydroxylation is 1. The van der Waals surface area contributed by atoms with Gasteiger partial charge in [-0.3, -0.25) is 4.79 Å². The van der Waals surface area contributed by atoms with Crippen molar-refractivity contribution in [3.05, 3.63) is 53.5 Å². The highest BCUT2D eigenvalue weighted by molar-refractivity contribution is 5.95. The van der Waals surface area contributed by atoms with E-state index in [1.165, 1.54) is 6.21 Å². The topological polar surface area (TPSA) is 57.8 Å². The van der Waals surface area contributed by atoms with Crippen molar-refractivity contribution < 1.29 is 9.21 Å². The second kappa shape index (κ2) is 7.45. The Hall–Kier alpha value is -2.56. The van der Waals surface area contributed by atoms with E-state index in [1.54, 1.807) is 18.2 Å². The Morgan fingerprint density at radius 3 is 2.41 bits per heavy atom. The molecule has 22 heavy (non-hydrogen) atoms. The van der Waals surface area contributed by atoms with E-state index in [-0.39, 0.29) is 5.91 Å². The largest absolute Gasteiger partial charge is 0.460 e. The van der Waals surface area contributed by atoms with Gasteiger partial charge in [-0.25, -0.2) is 5.43 Å².